The van der Waals surface area contributed by atoms with E-state index in [1.54, 1.807) is 30.3 Å². The highest BCUT2D eigenvalue weighted by Gasteiger charge is 2.29. The van der Waals surface area contributed by atoms with Crippen LogP contribution in [0.2, 0.25) is 0 Å². The average molecular weight is 724 g/mol. The second-order valence-electron chi connectivity index (χ2n) is 11.4. The van der Waals surface area contributed by atoms with E-state index < -0.39 is 17.8 Å². The quantitative estimate of drug-likeness (QED) is 0.0499. The van der Waals surface area contributed by atoms with E-state index in [0.29, 0.717) is 98.0 Å². The minimum Gasteiger partial charge on any atom is -0.457 e. The SMILES string of the molecule is O=C(NCCOCCOCCOCCOCCOCCOCCOCCOC(=O)C(=O)c1ccccc1)OCC1c2ccccc2-c2ccccc21. The lowest BCUT2D eigenvalue weighted by atomic mass is 9.98. The first-order valence-electron chi connectivity index (χ1n) is 17.5. The first-order chi connectivity index (χ1) is 25.6. The van der Waals surface area contributed by atoms with Gasteiger partial charge in [-0.05, 0) is 22.3 Å². The Morgan fingerprint density at radius 3 is 1.35 bits per heavy atom. The van der Waals surface area contributed by atoms with Gasteiger partial charge >= 0.3 is 12.1 Å². The molecule has 1 aliphatic rings. The molecule has 0 aromatic heterocycles. The molecule has 13 nitrogen and oxygen atoms in total. The van der Waals surface area contributed by atoms with Gasteiger partial charge in [0.2, 0.25) is 0 Å². The van der Waals surface area contributed by atoms with Crippen molar-refractivity contribution in [3.8, 4) is 11.1 Å². The van der Waals surface area contributed by atoms with Gasteiger partial charge in [-0.15, -0.1) is 0 Å². The summed E-state index contributed by atoms with van der Waals surface area (Å²) in [5.74, 6) is -1.55. The summed E-state index contributed by atoms with van der Waals surface area (Å²) in [6, 6.07) is 24.7. The number of benzene rings is 3. The van der Waals surface area contributed by atoms with Crippen LogP contribution < -0.4 is 5.32 Å². The molecule has 0 saturated heterocycles. The third kappa shape index (κ3) is 14.8. The van der Waals surface area contributed by atoms with Gasteiger partial charge in [-0.25, -0.2) is 9.59 Å². The van der Waals surface area contributed by atoms with Crippen LogP contribution in [-0.4, -0.2) is 130 Å². The van der Waals surface area contributed by atoms with Crippen LogP contribution in [0.4, 0.5) is 4.79 Å². The van der Waals surface area contributed by atoms with Gasteiger partial charge in [0.05, 0.1) is 92.5 Å². The lowest BCUT2D eigenvalue weighted by Gasteiger charge is -2.14. The fraction of sp³-hybridized carbons (Fsp3) is 0.462. The van der Waals surface area contributed by atoms with Gasteiger partial charge in [-0.2, -0.15) is 0 Å². The average Bonchev–Trinajstić information content (AvgIpc) is 3.50. The molecule has 1 amide bonds. The van der Waals surface area contributed by atoms with E-state index in [4.69, 9.17) is 42.6 Å². The molecule has 13 heteroatoms. The molecule has 0 saturated carbocycles. The summed E-state index contributed by atoms with van der Waals surface area (Å²) < 4.78 is 48.6. The fourth-order valence-corrected chi connectivity index (χ4v) is 5.26. The third-order valence-electron chi connectivity index (χ3n) is 7.77. The number of hydrogen-bond acceptors (Lipinski definition) is 12. The lowest BCUT2D eigenvalue weighted by Crippen LogP contribution is -2.29. The molecule has 0 heterocycles. The Hall–Kier alpha value is -4.21. The molecule has 52 heavy (non-hydrogen) atoms. The zero-order chi connectivity index (χ0) is 36.5. The number of carbonyl (C=O) groups excluding carboxylic acids is 3. The highest BCUT2D eigenvalue weighted by molar-refractivity contribution is 6.40. The summed E-state index contributed by atoms with van der Waals surface area (Å²) in [6.45, 7) is 6.20. The summed E-state index contributed by atoms with van der Waals surface area (Å²) in [6.07, 6.45) is -0.462. The molecule has 3 aromatic carbocycles. The topological polar surface area (TPSA) is 146 Å². The van der Waals surface area contributed by atoms with Crippen molar-refractivity contribution >= 4 is 17.8 Å². The van der Waals surface area contributed by atoms with Crippen LogP contribution in [0, 0.1) is 0 Å². The largest absolute Gasteiger partial charge is 0.457 e. The molecular formula is C39H49NO12. The van der Waals surface area contributed by atoms with Crippen molar-refractivity contribution in [3.05, 3.63) is 95.6 Å². The first-order valence-corrected chi connectivity index (χ1v) is 17.5. The Bertz CT molecular complexity index is 1420. The van der Waals surface area contributed by atoms with Gasteiger partial charge in [0.1, 0.15) is 13.2 Å². The van der Waals surface area contributed by atoms with Crippen LogP contribution in [0.1, 0.15) is 27.4 Å². The predicted octanol–water partition coefficient (Wildman–Crippen LogP) is 4.07. The van der Waals surface area contributed by atoms with Crippen LogP contribution in [0.15, 0.2) is 78.9 Å². The number of nitrogens with one attached hydrogen (secondary N) is 1. The van der Waals surface area contributed by atoms with Crippen LogP contribution in [-0.2, 0) is 47.4 Å². The van der Waals surface area contributed by atoms with Crippen molar-refractivity contribution in [2.75, 3.05) is 112 Å². The Morgan fingerprint density at radius 1 is 0.462 bits per heavy atom. The molecule has 0 spiro atoms. The molecule has 0 atom stereocenters. The molecule has 282 valence electrons. The van der Waals surface area contributed by atoms with E-state index in [-0.39, 0.29) is 25.7 Å². The van der Waals surface area contributed by atoms with Crippen molar-refractivity contribution in [2.45, 2.75) is 5.92 Å². The normalized spacial score (nSPS) is 11.9. The number of ketones is 1. The molecule has 1 aliphatic carbocycles. The number of esters is 1. The van der Waals surface area contributed by atoms with Gasteiger partial charge in [-0.1, -0.05) is 78.9 Å². The number of fused-ring (bicyclic) bond motifs is 3. The smallest absolute Gasteiger partial charge is 0.407 e. The molecule has 0 fully saturated rings. The zero-order valence-electron chi connectivity index (χ0n) is 29.5. The van der Waals surface area contributed by atoms with E-state index in [9.17, 15) is 14.4 Å². The summed E-state index contributed by atoms with van der Waals surface area (Å²) in [5, 5.41) is 2.73. The highest BCUT2D eigenvalue weighted by atomic mass is 16.6. The van der Waals surface area contributed by atoms with Gasteiger partial charge < -0.3 is 47.9 Å². The predicted molar refractivity (Wildman–Crippen MR) is 191 cm³/mol. The minimum absolute atomic E-state index is 0.00913. The maximum atomic E-state index is 12.2. The van der Waals surface area contributed by atoms with Crippen LogP contribution in [0.25, 0.3) is 11.1 Å². The van der Waals surface area contributed by atoms with Gasteiger partial charge in [0.25, 0.3) is 5.78 Å². The molecule has 0 unspecified atom stereocenters. The van der Waals surface area contributed by atoms with Crippen LogP contribution >= 0.6 is 0 Å². The zero-order valence-corrected chi connectivity index (χ0v) is 29.5. The molecule has 4 rings (SSSR count). The van der Waals surface area contributed by atoms with E-state index >= 15 is 0 Å². The minimum atomic E-state index is -0.902. The van der Waals surface area contributed by atoms with Gasteiger partial charge in [-0.3, -0.25) is 4.79 Å². The Labute approximate surface area is 304 Å². The number of hydrogen-bond donors (Lipinski definition) is 1. The highest BCUT2D eigenvalue weighted by Crippen LogP contribution is 2.44. The van der Waals surface area contributed by atoms with E-state index in [1.807, 2.05) is 24.3 Å². The first kappa shape index (κ1) is 40.6. The summed E-state index contributed by atoms with van der Waals surface area (Å²) in [7, 11) is 0. The Balaban J connectivity index is 0.827. The monoisotopic (exact) mass is 723 g/mol. The molecule has 0 aliphatic heterocycles. The summed E-state index contributed by atoms with van der Waals surface area (Å²) in [5.41, 5.74) is 5.03. The second kappa shape index (κ2) is 24.9. The summed E-state index contributed by atoms with van der Waals surface area (Å²) in [4.78, 5) is 35.9. The maximum Gasteiger partial charge on any atom is 0.407 e. The number of ether oxygens (including phenoxy) is 9. The fourth-order valence-electron chi connectivity index (χ4n) is 5.26. The van der Waals surface area contributed by atoms with E-state index in [0.717, 1.165) is 0 Å². The van der Waals surface area contributed by atoms with Crippen molar-refractivity contribution in [1.29, 1.82) is 0 Å². The molecule has 0 radical (unpaired) electrons. The number of alkyl carbamates (subject to hydrolysis) is 1. The maximum absolute atomic E-state index is 12.2. The number of carbonyl (C=O) groups is 3. The van der Waals surface area contributed by atoms with Crippen LogP contribution in [0.3, 0.4) is 0 Å². The Morgan fingerprint density at radius 2 is 0.865 bits per heavy atom. The standard InChI is InChI=1S/C39H49NO12/c41-37(31-8-2-1-3-9-31)38(42)51-29-28-50-27-26-49-25-24-48-23-22-47-21-20-46-19-18-45-17-16-44-15-14-40-39(43)52-30-36-34-12-6-4-10-32(34)33-11-5-7-13-35(33)36/h1-13,36H,14-30H2,(H,40,43). The molecular weight excluding hydrogens is 674 g/mol. The summed E-state index contributed by atoms with van der Waals surface area (Å²) >= 11 is 0. The number of amides is 1. The second-order valence-corrected chi connectivity index (χ2v) is 11.4. The van der Waals surface area contributed by atoms with E-state index in [1.165, 1.54) is 22.3 Å². The molecule has 0 bridgehead atoms. The lowest BCUT2D eigenvalue weighted by molar-refractivity contribution is -0.139. The van der Waals surface area contributed by atoms with Crippen molar-refractivity contribution in [2.24, 2.45) is 0 Å². The Kier molecular flexibility index (Phi) is 19.4. The number of Topliss-reactive ketones (excluding diaryl/α,β-unsaturated/α-hetero) is 1. The molecule has 3 aromatic rings. The van der Waals surface area contributed by atoms with Crippen LogP contribution in [0.5, 0.6) is 0 Å². The van der Waals surface area contributed by atoms with Crippen molar-refractivity contribution in [1.82, 2.24) is 5.32 Å². The van der Waals surface area contributed by atoms with Gasteiger partial charge in [0.15, 0.2) is 0 Å². The molecule has 1 N–H and O–H groups in total. The van der Waals surface area contributed by atoms with Crippen molar-refractivity contribution < 1.29 is 57.0 Å². The van der Waals surface area contributed by atoms with Gasteiger partial charge in [0, 0.05) is 18.0 Å². The number of rotatable bonds is 28. The van der Waals surface area contributed by atoms with E-state index in [2.05, 4.69) is 29.6 Å². The third-order valence-corrected chi connectivity index (χ3v) is 7.77. The van der Waals surface area contributed by atoms with Crippen molar-refractivity contribution in [3.63, 3.8) is 0 Å².